The van der Waals surface area contributed by atoms with Crippen LogP contribution in [0.3, 0.4) is 0 Å². The smallest absolute Gasteiger partial charge is 0.260 e. The highest BCUT2D eigenvalue weighted by Gasteiger charge is 2.16. The molecular weight excluding hydrogens is 250 g/mol. The van der Waals surface area contributed by atoms with Gasteiger partial charge in [0.05, 0.1) is 17.4 Å². The molecule has 0 saturated heterocycles. The van der Waals surface area contributed by atoms with Crippen molar-refractivity contribution in [2.24, 2.45) is 0 Å². The molecule has 1 heterocycles. The molecule has 0 spiro atoms. The minimum absolute atomic E-state index is 0.0443. The number of nitrogens with one attached hydrogen (secondary N) is 1. The van der Waals surface area contributed by atoms with Crippen LogP contribution >= 0.6 is 0 Å². The molecule has 4 nitrogen and oxygen atoms in total. The molecular formula is C16H19N3O. The summed E-state index contributed by atoms with van der Waals surface area (Å²) in [6.45, 7) is 2.90. The standard InChI is InChI=1S/C16H19N3O/c1-3-10-18-15-12-17-11-9-14(15)16(20)19(2)13-7-5-4-6-8-13/h4-9,11-12,18H,3,10H2,1-2H3. The second kappa shape index (κ2) is 6.70. The first-order chi connectivity index (χ1) is 9.74. The van der Waals surface area contributed by atoms with Crippen LogP contribution in [0.2, 0.25) is 0 Å². The van der Waals surface area contributed by atoms with Gasteiger partial charge in [0.1, 0.15) is 0 Å². The number of amides is 1. The minimum atomic E-state index is -0.0443. The molecule has 0 aliphatic carbocycles. The average molecular weight is 269 g/mol. The molecule has 0 bridgehead atoms. The van der Waals surface area contributed by atoms with Gasteiger partial charge in [0.2, 0.25) is 0 Å². The molecule has 0 fully saturated rings. The number of pyridine rings is 1. The van der Waals surface area contributed by atoms with E-state index < -0.39 is 0 Å². The van der Waals surface area contributed by atoms with Gasteiger partial charge >= 0.3 is 0 Å². The summed E-state index contributed by atoms with van der Waals surface area (Å²) < 4.78 is 0. The fourth-order valence-corrected chi connectivity index (χ4v) is 1.93. The molecule has 1 aromatic carbocycles. The Balaban J connectivity index is 2.25. The van der Waals surface area contributed by atoms with Crippen molar-refractivity contribution >= 4 is 17.3 Å². The van der Waals surface area contributed by atoms with Crippen LogP contribution in [0.15, 0.2) is 48.8 Å². The predicted molar refractivity (Wildman–Crippen MR) is 82.2 cm³/mol. The first-order valence-corrected chi connectivity index (χ1v) is 6.75. The van der Waals surface area contributed by atoms with E-state index in [9.17, 15) is 4.79 Å². The van der Waals surface area contributed by atoms with Crippen LogP contribution in [0.25, 0.3) is 0 Å². The maximum absolute atomic E-state index is 12.6. The summed E-state index contributed by atoms with van der Waals surface area (Å²) in [6, 6.07) is 11.3. The number of anilines is 2. The number of benzene rings is 1. The molecule has 4 heteroatoms. The predicted octanol–water partition coefficient (Wildman–Crippen LogP) is 3.18. The lowest BCUT2D eigenvalue weighted by Gasteiger charge is -2.19. The summed E-state index contributed by atoms with van der Waals surface area (Å²) in [5, 5.41) is 3.24. The minimum Gasteiger partial charge on any atom is -0.383 e. The summed E-state index contributed by atoms with van der Waals surface area (Å²) in [5.41, 5.74) is 2.29. The number of nitrogens with zero attached hydrogens (tertiary/aromatic N) is 2. The van der Waals surface area contributed by atoms with Crippen LogP contribution in [0.5, 0.6) is 0 Å². The van der Waals surface area contributed by atoms with Crippen molar-refractivity contribution in [2.45, 2.75) is 13.3 Å². The van der Waals surface area contributed by atoms with Crippen molar-refractivity contribution in [3.05, 3.63) is 54.4 Å². The molecule has 0 unspecified atom stereocenters. The summed E-state index contributed by atoms with van der Waals surface area (Å²) in [4.78, 5) is 18.3. The van der Waals surface area contributed by atoms with Gasteiger partial charge in [-0.15, -0.1) is 0 Å². The van der Waals surface area contributed by atoms with Crippen molar-refractivity contribution in [1.82, 2.24) is 4.98 Å². The number of hydrogen-bond acceptors (Lipinski definition) is 3. The Bertz CT molecular complexity index is 569. The van der Waals surface area contributed by atoms with Gasteiger partial charge in [-0.25, -0.2) is 0 Å². The highest BCUT2D eigenvalue weighted by Crippen LogP contribution is 2.19. The van der Waals surface area contributed by atoms with E-state index in [0.717, 1.165) is 24.3 Å². The van der Waals surface area contributed by atoms with Crippen LogP contribution in [-0.4, -0.2) is 24.5 Å². The molecule has 2 rings (SSSR count). The van der Waals surface area contributed by atoms with Crippen LogP contribution in [0.1, 0.15) is 23.7 Å². The molecule has 0 aliphatic rings. The zero-order valence-electron chi connectivity index (χ0n) is 11.8. The second-order valence-electron chi connectivity index (χ2n) is 4.55. The van der Waals surface area contributed by atoms with Crippen molar-refractivity contribution in [1.29, 1.82) is 0 Å². The van der Waals surface area contributed by atoms with Gasteiger partial charge in [0.15, 0.2) is 0 Å². The van der Waals surface area contributed by atoms with E-state index in [1.54, 1.807) is 30.4 Å². The lowest BCUT2D eigenvalue weighted by molar-refractivity contribution is 0.0993. The summed E-state index contributed by atoms with van der Waals surface area (Å²) in [5.74, 6) is -0.0443. The monoisotopic (exact) mass is 269 g/mol. The second-order valence-corrected chi connectivity index (χ2v) is 4.55. The van der Waals surface area contributed by atoms with Gasteiger partial charge in [-0.3, -0.25) is 9.78 Å². The lowest BCUT2D eigenvalue weighted by Crippen LogP contribution is -2.27. The third kappa shape index (κ3) is 3.15. The van der Waals surface area contributed by atoms with Crippen molar-refractivity contribution in [2.75, 3.05) is 23.8 Å². The molecule has 1 aromatic heterocycles. The van der Waals surface area contributed by atoms with Gasteiger partial charge in [-0.2, -0.15) is 0 Å². The number of hydrogen-bond donors (Lipinski definition) is 1. The maximum atomic E-state index is 12.6. The quantitative estimate of drug-likeness (QED) is 0.906. The van der Waals surface area contributed by atoms with E-state index >= 15 is 0 Å². The number of para-hydroxylation sites is 1. The molecule has 0 saturated carbocycles. The first kappa shape index (κ1) is 14.1. The lowest BCUT2D eigenvalue weighted by atomic mass is 10.2. The van der Waals surface area contributed by atoms with E-state index in [2.05, 4.69) is 17.2 Å². The van der Waals surface area contributed by atoms with Crippen LogP contribution in [0, 0.1) is 0 Å². The van der Waals surface area contributed by atoms with Crippen molar-refractivity contribution < 1.29 is 4.79 Å². The Labute approximate surface area is 119 Å². The van der Waals surface area contributed by atoms with E-state index in [1.165, 1.54) is 0 Å². The van der Waals surface area contributed by atoms with Crippen molar-refractivity contribution in [3.8, 4) is 0 Å². The molecule has 2 aromatic rings. The van der Waals surface area contributed by atoms with Gasteiger partial charge in [0, 0.05) is 25.5 Å². The third-order valence-corrected chi connectivity index (χ3v) is 3.07. The van der Waals surface area contributed by atoms with Crippen LogP contribution in [0.4, 0.5) is 11.4 Å². The third-order valence-electron chi connectivity index (χ3n) is 3.07. The largest absolute Gasteiger partial charge is 0.383 e. The highest BCUT2D eigenvalue weighted by molar-refractivity contribution is 6.09. The molecule has 0 atom stereocenters. The molecule has 0 radical (unpaired) electrons. The Morgan fingerprint density at radius 2 is 2.00 bits per heavy atom. The van der Waals surface area contributed by atoms with E-state index in [1.807, 2.05) is 30.3 Å². The number of rotatable bonds is 5. The molecule has 1 N–H and O–H groups in total. The van der Waals surface area contributed by atoms with Gasteiger partial charge in [-0.1, -0.05) is 25.1 Å². The Morgan fingerprint density at radius 3 is 2.70 bits per heavy atom. The van der Waals surface area contributed by atoms with E-state index in [-0.39, 0.29) is 5.91 Å². The normalized spacial score (nSPS) is 10.1. The average Bonchev–Trinajstić information content (AvgIpc) is 2.52. The number of carbonyl (C=O) groups is 1. The molecule has 0 aliphatic heterocycles. The van der Waals surface area contributed by atoms with Gasteiger partial charge in [0.25, 0.3) is 5.91 Å². The van der Waals surface area contributed by atoms with Crippen molar-refractivity contribution in [3.63, 3.8) is 0 Å². The topological polar surface area (TPSA) is 45.2 Å². The van der Waals surface area contributed by atoms with E-state index in [0.29, 0.717) is 5.56 Å². The Hall–Kier alpha value is -2.36. The number of carbonyl (C=O) groups excluding carboxylic acids is 1. The highest BCUT2D eigenvalue weighted by atomic mass is 16.2. The molecule has 104 valence electrons. The van der Waals surface area contributed by atoms with Gasteiger partial charge < -0.3 is 10.2 Å². The summed E-state index contributed by atoms with van der Waals surface area (Å²) in [6.07, 6.45) is 4.34. The zero-order valence-corrected chi connectivity index (χ0v) is 11.8. The summed E-state index contributed by atoms with van der Waals surface area (Å²) in [7, 11) is 1.78. The fraction of sp³-hybridized carbons (Fsp3) is 0.250. The maximum Gasteiger partial charge on any atom is 0.260 e. The van der Waals surface area contributed by atoms with E-state index in [4.69, 9.17) is 0 Å². The molecule has 1 amide bonds. The zero-order chi connectivity index (χ0) is 14.4. The summed E-state index contributed by atoms with van der Waals surface area (Å²) >= 11 is 0. The number of aromatic nitrogens is 1. The molecule has 20 heavy (non-hydrogen) atoms. The van der Waals surface area contributed by atoms with Gasteiger partial charge in [-0.05, 0) is 24.6 Å². The first-order valence-electron chi connectivity index (χ1n) is 6.75. The van der Waals surface area contributed by atoms with Crippen LogP contribution in [-0.2, 0) is 0 Å². The Kier molecular flexibility index (Phi) is 4.71. The van der Waals surface area contributed by atoms with Crippen LogP contribution < -0.4 is 10.2 Å². The Morgan fingerprint density at radius 1 is 1.25 bits per heavy atom. The fourth-order valence-electron chi connectivity index (χ4n) is 1.93. The SMILES string of the molecule is CCCNc1cnccc1C(=O)N(C)c1ccccc1.